The summed E-state index contributed by atoms with van der Waals surface area (Å²) in [4.78, 5) is 25.7. The largest absolute Gasteiger partial charge is 0.506 e. The van der Waals surface area contributed by atoms with Crippen molar-refractivity contribution in [3.8, 4) is 11.5 Å². The fourth-order valence-electron chi connectivity index (χ4n) is 5.08. The zero-order chi connectivity index (χ0) is 30.2. The van der Waals surface area contributed by atoms with Crippen LogP contribution in [0.3, 0.4) is 0 Å². The highest BCUT2D eigenvalue weighted by atomic mass is 16.5. The van der Waals surface area contributed by atoms with E-state index < -0.39 is 18.2 Å². The van der Waals surface area contributed by atoms with Crippen molar-refractivity contribution in [3.05, 3.63) is 141 Å². The second kappa shape index (κ2) is 13.7. The smallest absolute Gasteiger partial charge is 0.405 e. The van der Waals surface area contributed by atoms with Crippen LogP contribution < -0.4 is 20.9 Å². The van der Waals surface area contributed by atoms with Crippen LogP contribution in [0.25, 0.3) is 10.9 Å². The minimum atomic E-state index is -1.10. The number of carbonyl (C=O) groups is 1. The molecule has 0 saturated heterocycles. The van der Waals surface area contributed by atoms with Gasteiger partial charge in [-0.2, -0.15) is 0 Å². The Morgan fingerprint density at radius 1 is 0.860 bits per heavy atom. The number of phenols is 1. The number of pyridine rings is 1. The number of nitrogens with one attached hydrogen (secondary N) is 3. The summed E-state index contributed by atoms with van der Waals surface area (Å²) in [5.41, 5.74) is 4.33. The van der Waals surface area contributed by atoms with Gasteiger partial charge in [-0.3, -0.25) is 4.79 Å². The average Bonchev–Trinajstić information content (AvgIpc) is 3.02. The molecule has 5 aromatic rings. The van der Waals surface area contributed by atoms with E-state index in [1.54, 1.807) is 12.1 Å². The highest BCUT2D eigenvalue weighted by molar-refractivity contribution is 5.87. The Balaban J connectivity index is 1.16. The van der Waals surface area contributed by atoms with Gasteiger partial charge in [-0.25, -0.2) is 4.79 Å². The van der Waals surface area contributed by atoms with E-state index in [-0.39, 0.29) is 11.3 Å². The Bertz CT molecular complexity index is 1750. The molecule has 6 N–H and O–H groups in total. The van der Waals surface area contributed by atoms with Crippen LogP contribution in [0.5, 0.6) is 11.5 Å². The molecule has 0 aliphatic heterocycles. The zero-order valence-corrected chi connectivity index (χ0v) is 23.4. The molecule has 9 heteroatoms. The summed E-state index contributed by atoms with van der Waals surface area (Å²) in [6.45, 7) is 1.29. The number of hydrogen-bond donors (Lipinski definition) is 6. The van der Waals surface area contributed by atoms with E-state index in [1.807, 2.05) is 72.8 Å². The Hall–Kier alpha value is -5.12. The number of phenolic OH excluding ortho intramolecular Hbond substituents is 1. The van der Waals surface area contributed by atoms with Crippen LogP contribution in [0, 0.1) is 0 Å². The number of aromatic amines is 1. The van der Waals surface area contributed by atoms with Gasteiger partial charge in [0.25, 0.3) is 0 Å². The van der Waals surface area contributed by atoms with Gasteiger partial charge >= 0.3 is 6.09 Å². The van der Waals surface area contributed by atoms with Gasteiger partial charge in [0.05, 0.1) is 17.7 Å². The lowest BCUT2D eigenvalue weighted by Gasteiger charge is -2.19. The first-order valence-electron chi connectivity index (χ1n) is 14.0. The van der Waals surface area contributed by atoms with Crippen LogP contribution in [-0.2, 0) is 13.0 Å². The summed E-state index contributed by atoms with van der Waals surface area (Å²) in [6, 6.07) is 30.5. The van der Waals surface area contributed by atoms with E-state index in [2.05, 4.69) is 21.7 Å². The number of aliphatic hydroxyl groups excluding tert-OH is 1. The molecule has 1 aromatic heterocycles. The molecule has 0 bridgehead atoms. The van der Waals surface area contributed by atoms with E-state index in [4.69, 9.17) is 4.74 Å². The number of aromatic hydroxyl groups is 1. The first kappa shape index (κ1) is 29.4. The van der Waals surface area contributed by atoms with E-state index >= 15 is 0 Å². The second-order valence-corrected chi connectivity index (χ2v) is 10.2. The maximum atomic E-state index is 11.6. The van der Waals surface area contributed by atoms with Crippen molar-refractivity contribution in [2.75, 3.05) is 13.1 Å². The van der Waals surface area contributed by atoms with Crippen LogP contribution >= 0.6 is 0 Å². The van der Waals surface area contributed by atoms with Gasteiger partial charge in [0.15, 0.2) is 0 Å². The minimum absolute atomic E-state index is 0.0419. The van der Waals surface area contributed by atoms with E-state index in [0.29, 0.717) is 41.9 Å². The highest BCUT2D eigenvalue weighted by Gasteiger charge is 2.17. The number of rotatable bonds is 12. The number of hydrogen-bond acceptors (Lipinski definition) is 6. The van der Waals surface area contributed by atoms with Gasteiger partial charge in [-0.05, 0) is 65.0 Å². The third-order valence-electron chi connectivity index (χ3n) is 7.18. The Labute approximate surface area is 248 Å². The molecule has 1 heterocycles. The molecule has 0 aliphatic rings. The number of ether oxygens (including phenoxy) is 1. The molecule has 0 radical (unpaired) electrons. The molecule has 5 rings (SSSR count). The Morgan fingerprint density at radius 2 is 1.63 bits per heavy atom. The van der Waals surface area contributed by atoms with E-state index in [9.17, 15) is 24.9 Å². The lowest BCUT2D eigenvalue weighted by Crippen LogP contribution is -2.27. The molecule has 9 nitrogen and oxygen atoms in total. The Morgan fingerprint density at radius 3 is 2.44 bits per heavy atom. The summed E-state index contributed by atoms with van der Waals surface area (Å²) in [6.07, 6.45) is -1.19. The summed E-state index contributed by atoms with van der Waals surface area (Å²) in [7, 11) is 0. The lowest BCUT2D eigenvalue weighted by molar-refractivity contribution is 0.176. The molecule has 2 atom stereocenters. The predicted octanol–water partition coefficient (Wildman–Crippen LogP) is 5.04. The molecular weight excluding hydrogens is 546 g/mol. The van der Waals surface area contributed by atoms with Gasteiger partial charge in [-0.15, -0.1) is 0 Å². The minimum Gasteiger partial charge on any atom is -0.506 e. The van der Waals surface area contributed by atoms with Gasteiger partial charge in [0.1, 0.15) is 18.1 Å². The number of fused-ring (bicyclic) bond motifs is 1. The van der Waals surface area contributed by atoms with Crippen LogP contribution in [0.15, 0.2) is 108 Å². The standard InChI is InChI=1S/C34H33N3O6/c38-29-14-12-27(28-13-15-31(40)36-33(28)29)30(39)20-35-17-16-22-6-4-7-23(18-22)21-43-26-11-5-10-25(19-26)32(37-34(41)42)24-8-2-1-3-9-24/h1-15,18-19,30,32,35,37-39H,16-17,20-21H2,(H,36,40)(H,41,42)/t30-,32?/m0/s1. The molecule has 220 valence electrons. The number of benzene rings is 4. The molecule has 0 saturated carbocycles. The summed E-state index contributed by atoms with van der Waals surface area (Å²) < 4.78 is 6.07. The normalized spacial score (nSPS) is 12.5. The maximum Gasteiger partial charge on any atom is 0.405 e. The topological polar surface area (TPSA) is 144 Å². The third kappa shape index (κ3) is 7.59. The SMILES string of the molecule is O=C(O)NC(c1ccccc1)c1cccc(OCc2cccc(CCNC[C@H](O)c3ccc(O)c4[nH]c(=O)ccc34)c2)c1. The van der Waals surface area contributed by atoms with Crippen molar-refractivity contribution < 1.29 is 24.9 Å². The van der Waals surface area contributed by atoms with Gasteiger partial charge in [0.2, 0.25) is 5.56 Å². The lowest BCUT2D eigenvalue weighted by atomic mass is 9.98. The van der Waals surface area contributed by atoms with Gasteiger partial charge in [0, 0.05) is 18.0 Å². The van der Waals surface area contributed by atoms with Crippen molar-refractivity contribution in [1.82, 2.24) is 15.6 Å². The quantitative estimate of drug-likeness (QED) is 0.114. The maximum absolute atomic E-state index is 11.6. The van der Waals surface area contributed by atoms with E-state index in [0.717, 1.165) is 28.7 Å². The summed E-state index contributed by atoms with van der Waals surface area (Å²) in [5.74, 6) is 0.595. The molecule has 4 aromatic carbocycles. The highest BCUT2D eigenvalue weighted by Crippen LogP contribution is 2.29. The summed E-state index contributed by atoms with van der Waals surface area (Å²) in [5, 5.41) is 36.7. The first-order valence-corrected chi connectivity index (χ1v) is 14.0. The number of aromatic nitrogens is 1. The second-order valence-electron chi connectivity index (χ2n) is 10.2. The molecule has 0 aliphatic carbocycles. The number of carboxylic acid groups (broad SMARTS) is 1. The molecule has 0 fully saturated rings. The van der Waals surface area contributed by atoms with Crippen LogP contribution in [-0.4, -0.2) is 39.5 Å². The monoisotopic (exact) mass is 579 g/mol. The van der Waals surface area contributed by atoms with Crippen molar-refractivity contribution in [3.63, 3.8) is 0 Å². The number of aliphatic hydroxyl groups is 1. The fourth-order valence-corrected chi connectivity index (χ4v) is 5.08. The van der Waals surface area contributed by atoms with Crippen molar-refractivity contribution in [1.29, 1.82) is 0 Å². The molecule has 1 unspecified atom stereocenters. The first-order chi connectivity index (χ1) is 20.9. The van der Waals surface area contributed by atoms with Crippen LogP contribution in [0.4, 0.5) is 4.79 Å². The zero-order valence-electron chi connectivity index (χ0n) is 23.4. The summed E-state index contributed by atoms with van der Waals surface area (Å²) >= 11 is 0. The number of amides is 1. The van der Waals surface area contributed by atoms with Crippen molar-refractivity contribution in [2.24, 2.45) is 0 Å². The van der Waals surface area contributed by atoms with Gasteiger partial charge in [-0.1, -0.05) is 72.8 Å². The van der Waals surface area contributed by atoms with Crippen LogP contribution in [0.1, 0.15) is 40.0 Å². The van der Waals surface area contributed by atoms with Crippen molar-refractivity contribution >= 4 is 17.0 Å². The van der Waals surface area contributed by atoms with E-state index in [1.165, 1.54) is 12.1 Å². The molecule has 43 heavy (non-hydrogen) atoms. The molecule has 0 spiro atoms. The fraction of sp³-hybridized carbons (Fsp3) is 0.176. The van der Waals surface area contributed by atoms with Crippen molar-refractivity contribution in [2.45, 2.75) is 25.2 Å². The van der Waals surface area contributed by atoms with Crippen LogP contribution in [0.2, 0.25) is 0 Å². The average molecular weight is 580 g/mol. The number of H-pyrrole nitrogens is 1. The molecular formula is C34H33N3O6. The predicted molar refractivity (Wildman–Crippen MR) is 164 cm³/mol. The van der Waals surface area contributed by atoms with Gasteiger partial charge < -0.3 is 35.7 Å². The third-order valence-corrected chi connectivity index (χ3v) is 7.18. The molecule has 1 amide bonds. The Kier molecular flexibility index (Phi) is 9.36.